The first-order chi connectivity index (χ1) is 10.7. The van der Waals surface area contributed by atoms with E-state index in [2.05, 4.69) is 0 Å². The van der Waals surface area contributed by atoms with Gasteiger partial charge in [-0.05, 0) is 23.6 Å². The zero-order valence-corrected chi connectivity index (χ0v) is 14.9. The number of halogens is 1. The average molecular weight is 418 g/mol. The third-order valence-electron chi connectivity index (χ3n) is 3.75. The van der Waals surface area contributed by atoms with Gasteiger partial charge in [0.05, 0.1) is 6.61 Å². The van der Waals surface area contributed by atoms with Crippen molar-refractivity contribution in [1.29, 1.82) is 0 Å². The second-order valence-electron chi connectivity index (χ2n) is 5.08. The molecule has 120 valence electrons. The van der Waals surface area contributed by atoms with Gasteiger partial charge in [0, 0.05) is 5.03 Å². The molecule has 0 saturated heterocycles. The van der Waals surface area contributed by atoms with Crippen LogP contribution in [0.5, 0.6) is 0 Å². The SMILES string of the molecule is CCOC(=O)[CH-]C1C(c2ccccc2)=C(Cl)c2ccccc21.[Pd+2]. The number of hydrogen-bond donors (Lipinski definition) is 0. The van der Waals surface area contributed by atoms with Crippen molar-refractivity contribution in [2.24, 2.45) is 0 Å². The predicted molar refractivity (Wildman–Crippen MR) is 89.2 cm³/mol. The molecule has 1 unspecified atom stereocenters. The molecule has 3 rings (SSSR count). The Labute approximate surface area is 155 Å². The van der Waals surface area contributed by atoms with Gasteiger partial charge in [-0.3, -0.25) is 11.2 Å². The van der Waals surface area contributed by atoms with Crippen molar-refractivity contribution in [2.75, 3.05) is 6.61 Å². The number of esters is 1. The Hall–Kier alpha value is -1.53. The van der Waals surface area contributed by atoms with E-state index in [9.17, 15) is 4.79 Å². The molecule has 0 heterocycles. The van der Waals surface area contributed by atoms with Crippen LogP contribution in [0.4, 0.5) is 0 Å². The van der Waals surface area contributed by atoms with Gasteiger partial charge in [0.1, 0.15) is 0 Å². The molecule has 0 amide bonds. The van der Waals surface area contributed by atoms with Crippen LogP contribution in [0, 0.1) is 6.42 Å². The maximum absolute atomic E-state index is 11.9. The normalized spacial score (nSPS) is 15.7. The van der Waals surface area contributed by atoms with E-state index in [1.54, 1.807) is 13.3 Å². The summed E-state index contributed by atoms with van der Waals surface area (Å²) in [5, 5.41) is 0.701. The molecule has 0 aromatic heterocycles. The number of benzene rings is 2. The summed E-state index contributed by atoms with van der Waals surface area (Å²) in [6.45, 7) is 2.16. The van der Waals surface area contributed by atoms with Crippen molar-refractivity contribution in [1.82, 2.24) is 0 Å². The largest absolute Gasteiger partial charge is 2.00 e. The molecular weight excluding hydrogens is 402 g/mol. The van der Waals surface area contributed by atoms with Gasteiger partial charge in [0.25, 0.3) is 0 Å². The summed E-state index contributed by atoms with van der Waals surface area (Å²) < 4.78 is 5.08. The van der Waals surface area contributed by atoms with Gasteiger partial charge in [0.15, 0.2) is 5.97 Å². The molecule has 0 fully saturated rings. The van der Waals surface area contributed by atoms with Crippen molar-refractivity contribution in [3.63, 3.8) is 0 Å². The minimum absolute atomic E-state index is 0. The third kappa shape index (κ3) is 3.53. The molecule has 0 spiro atoms. The Morgan fingerprint density at radius 3 is 2.48 bits per heavy atom. The van der Waals surface area contributed by atoms with Gasteiger partial charge >= 0.3 is 20.4 Å². The van der Waals surface area contributed by atoms with E-state index < -0.39 is 0 Å². The molecule has 2 aromatic carbocycles. The van der Waals surface area contributed by atoms with Gasteiger partial charge in [-0.15, -0.1) is 0 Å². The van der Waals surface area contributed by atoms with Crippen LogP contribution in [0.2, 0.25) is 0 Å². The second-order valence-corrected chi connectivity index (χ2v) is 5.46. The first-order valence-electron chi connectivity index (χ1n) is 7.28. The molecule has 1 atom stereocenters. The minimum atomic E-state index is -0.317. The van der Waals surface area contributed by atoms with Crippen molar-refractivity contribution in [3.05, 3.63) is 77.7 Å². The predicted octanol–water partition coefficient (Wildman–Crippen LogP) is 4.66. The summed E-state index contributed by atoms with van der Waals surface area (Å²) in [5.74, 6) is -0.493. The summed E-state index contributed by atoms with van der Waals surface area (Å²) in [6.07, 6.45) is 1.61. The van der Waals surface area contributed by atoms with Crippen LogP contribution < -0.4 is 0 Å². The number of hydrogen-bond acceptors (Lipinski definition) is 2. The Kier molecular flexibility index (Phi) is 6.07. The molecule has 1 aliphatic rings. The molecule has 0 bridgehead atoms. The van der Waals surface area contributed by atoms with Gasteiger partial charge in [-0.25, -0.2) is 0 Å². The Balaban J connectivity index is 0.00000192. The number of rotatable bonds is 4. The maximum atomic E-state index is 11.9. The minimum Gasteiger partial charge on any atom is -0.488 e. The van der Waals surface area contributed by atoms with Crippen molar-refractivity contribution >= 4 is 28.2 Å². The number of carbonyl (C=O) groups excluding carboxylic acids is 1. The van der Waals surface area contributed by atoms with E-state index in [1.165, 1.54) is 0 Å². The fourth-order valence-corrected chi connectivity index (χ4v) is 3.23. The van der Waals surface area contributed by atoms with Crippen molar-refractivity contribution in [3.8, 4) is 0 Å². The van der Waals surface area contributed by atoms with E-state index in [-0.39, 0.29) is 32.3 Å². The first kappa shape index (κ1) is 17.8. The average Bonchev–Trinajstić information content (AvgIpc) is 2.81. The zero-order chi connectivity index (χ0) is 15.5. The van der Waals surface area contributed by atoms with Crippen LogP contribution in [-0.4, -0.2) is 12.6 Å². The number of ether oxygens (including phenoxy) is 1. The van der Waals surface area contributed by atoms with Crippen LogP contribution in [0.3, 0.4) is 0 Å². The first-order valence-corrected chi connectivity index (χ1v) is 7.66. The summed E-state index contributed by atoms with van der Waals surface area (Å²) in [4.78, 5) is 11.9. The molecule has 0 radical (unpaired) electrons. The number of carbonyl (C=O) groups is 1. The molecule has 23 heavy (non-hydrogen) atoms. The Bertz CT molecular complexity index is 725. The van der Waals surface area contributed by atoms with Crippen LogP contribution in [0.25, 0.3) is 10.6 Å². The van der Waals surface area contributed by atoms with E-state index in [0.717, 1.165) is 22.3 Å². The van der Waals surface area contributed by atoms with Crippen LogP contribution >= 0.6 is 11.6 Å². The van der Waals surface area contributed by atoms with Gasteiger partial charge in [0.2, 0.25) is 0 Å². The van der Waals surface area contributed by atoms with E-state index in [1.807, 2.05) is 54.6 Å². The van der Waals surface area contributed by atoms with Gasteiger partial charge in [-0.1, -0.05) is 77.7 Å². The molecule has 2 nitrogen and oxygen atoms in total. The van der Waals surface area contributed by atoms with Gasteiger partial charge in [-0.2, -0.15) is 0 Å². The Morgan fingerprint density at radius 2 is 1.78 bits per heavy atom. The fourth-order valence-electron chi connectivity index (χ4n) is 2.83. The molecular formula is C19H16ClO2Pd+. The molecule has 0 saturated carbocycles. The van der Waals surface area contributed by atoms with E-state index in [0.29, 0.717) is 11.6 Å². The Morgan fingerprint density at radius 1 is 1.13 bits per heavy atom. The summed E-state index contributed by atoms with van der Waals surface area (Å²) in [7, 11) is 0. The topological polar surface area (TPSA) is 26.3 Å². The fraction of sp³-hybridized carbons (Fsp3) is 0.158. The quantitative estimate of drug-likeness (QED) is 0.411. The van der Waals surface area contributed by atoms with E-state index >= 15 is 0 Å². The summed E-state index contributed by atoms with van der Waals surface area (Å²) >= 11 is 6.61. The van der Waals surface area contributed by atoms with Crippen molar-refractivity contribution in [2.45, 2.75) is 12.8 Å². The number of allylic oxidation sites excluding steroid dienone is 1. The standard InChI is InChI=1S/C19H16ClO2.Pd/c1-2-22-17(21)12-16-14-10-6-7-11-15(14)19(20)18(16)13-8-4-3-5-9-13;/h3-12,16H,2H2,1H3;/q-1;+2. The van der Waals surface area contributed by atoms with Crippen LogP contribution in [0.15, 0.2) is 54.6 Å². The third-order valence-corrected chi connectivity index (χ3v) is 4.16. The summed E-state index contributed by atoms with van der Waals surface area (Å²) in [5.41, 5.74) is 4.00. The summed E-state index contributed by atoms with van der Waals surface area (Å²) in [6, 6.07) is 17.8. The molecule has 2 aromatic rings. The molecule has 1 aliphatic carbocycles. The monoisotopic (exact) mass is 417 g/mol. The van der Waals surface area contributed by atoms with Gasteiger partial charge < -0.3 is 4.74 Å². The van der Waals surface area contributed by atoms with Crippen molar-refractivity contribution < 1.29 is 30.0 Å². The van der Waals surface area contributed by atoms with Crippen LogP contribution in [-0.2, 0) is 30.0 Å². The number of fused-ring (bicyclic) bond motifs is 1. The zero-order valence-electron chi connectivity index (χ0n) is 12.6. The van der Waals surface area contributed by atoms with Crippen LogP contribution in [0.1, 0.15) is 29.5 Å². The molecule has 0 aliphatic heterocycles. The maximum Gasteiger partial charge on any atom is 2.00 e. The molecule has 4 heteroatoms. The van der Waals surface area contributed by atoms with E-state index in [4.69, 9.17) is 16.3 Å². The molecule has 0 N–H and O–H groups in total. The second kappa shape index (κ2) is 7.84. The smallest absolute Gasteiger partial charge is 0.488 e.